The van der Waals surface area contributed by atoms with E-state index in [-0.39, 0.29) is 28.8 Å². The fourth-order valence-electron chi connectivity index (χ4n) is 3.94. The Kier molecular flexibility index (Phi) is 5.79. The SMILES string of the molecule is O=C(O)Oc1cccc(-c2cccc(N=Nc3c(O)n(-c4ccc(F)cc4)c4ccccc34)c2O)c1. The van der Waals surface area contributed by atoms with Crippen molar-refractivity contribution in [3.05, 3.63) is 96.8 Å². The Bertz CT molecular complexity index is 1630. The predicted octanol–water partition coefficient (Wildman–Crippen LogP) is 7.32. The van der Waals surface area contributed by atoms with Gasteiger partial charge in [-0.3, -0.25) is 4.57 Å². The van der Waals surface area contributed by atoms with Crippen molar-refractivity contribution in [2.45, 2.75) is 0 Å². The van der Waals surface area contributed by atoms with Gasteiger partial charge in [-0.15, -0.1) is 10.2 Å². The van der Waals surface area contributed by atoms with E-state index in [1.54, 1.807) is 66.7 Å². The second-order valence-corrected chi connectivity index (χ2v) is 7.77. The summed E-state index contributed by atoms with van der Waals surface area (Å²) < 4.78 is 19.7. The van der Waals surface area contributed by atoms with Crippen molar-refractivity contribution in [3.63, 3.8) is 0 Å². The van der Waals surface area contributed by atoms with E-state index in [0.717, 1.165) is 0 Å². The molecule has 0 unspecified atom stereocenters. The lowest BCUT2D eigenvalue weighted by atomic mass is 10.0. The van der Waals surface area contributed by atoms with Crippen LogP contribution in [-0.2, 0) is 0 Å². The van der Waals surface area contributed by atoms with Crippen LogP contribution in [0.5, 0.6) is 17.4 Å². The van der Waals surface area contributed by atoms with Gasteiger partial charge in [0.2, 0.25) is 5.88 Å². The third kappa shape index (κ3) is 4.21. The lowest BCUT2D eigenvalue weighted by Gasteiger charge is -2.08. The molecule has 8 nitrogen and oxygen atoms in total. The number of carboxylic acid groups (broad SMARTS) is 1. The number of phenolic OH excluding ortho intramolecular Hbond substituents is 1. The zero-order valence-corrected chi connectivity index (χ0v) is 18.5. The van der Waals surface area contributed by atoms with Crippen molar-refractivity contribution in [1.29, 1.82) is 0 Å². The number of hydrogen-bond donors (Lipinski definition) is 3. The first-order valence-electron chi connectivity index (χ1n) is 10.8. The smallest absolute Gasteiger partial charge is 0.505 e. The minimum Gasteiger partial charge on any atom is -0.505 e. The molecule has 0 bridgehead atoms. The van der Waals surface area contributed by atoms with Gasteiger partial charge in [0.15, 0.2) is 11.4 Å². The van der Waals surface area contributed by atoms with Gasteiger partial charge in [-0.25, -0.2) is 9.18 Å². The number of ether oxygens (including phenoxy) is 1. The number of rotatable bonds is 5. The Labute approximate surface area is 203 Å². The van der Waals surface area contributed by atoms with Crippen LogP contribution < -0.4 is 4.74 Å². The summed E-state index contributed by atoms with van der Waals surface area (Å²) in [6.07, 6.45) is -1.45. The van der Waals surface area contributed by atoms with Crippen molar-refractivity contribution in [2.24, 2.45) is 10.2 Å². The normalized spacial score (nSPS) is 11.2. The molecule has 0 saturated heterocycles. The zero-order valence-electron chi connectivity index (χ0n) is 18.5. The Morgan fingerprint density at radius 3 is 2.39 bits per heavy atom. The highest BCUT2D eigenvalue weighted by molar-refractivity contribution is 5.96. The molecular formula is C27H18FN3O5. The van der Waals surface area contributed by atoms with E-state index in [2.05, 4.69) is 10.2 Å². The highest BCUT2D eigenvalue weighted by atomic mass is 19.1. The predicted molar refractivity (Wildman–Crippen MR) is 131 cm³/mol. The molecular weight excluding hydrogens is 465 g/mol. The van der Waals surface area contributed by atoms with Crippen molar-refractivity contribution in [3.8, 4) is 34.2 Å². The van der Waals surface area contributed by atoms with E-state index in [0.29, 0.717) is 27.7 Å². The summed E-state index contributed by atoms with van der Waals surface area (Å²) in [6, 6.07) is 23.9. The van der Waals surface area contributed by atoms with Gasteiger partial charge in [-0.1, -0.05) is 42.5 Å². The number of benzene rings is 4. The average molecular weight is 483 g/mol. The number of hydrogen-bond acceptors (Lipinski definition) is 6. The molecule has 3 N–H and O–H groups in total. The largest absolute Gasteiger partial charge is 0.511 e. The number of aromatic hydroxyl groups is 2. The molecule has 0 aliphatic heterocycles. The number of halogens is 1. The molecule has 0 spiro atoms. The molecule has 0 aliphatic carbocycles. The van der Waals surface area contributed by atoms with Crippen molar-refractivity contribution in [1.82, 2.24) is 4.57 Å². The van der Waals surface area contributed by atoms with Crippen LogP contribution >= 0.6 is 0 Å². The van der Waals surface area contributed by atoms with Crippen LogP contribution in [0, 0.1) is 5.82 Å². The van der Waals surface area contributed by atoms with Gasteiger partial charge < -0.3 is 20.1 Å². The molecule has 1 aromatic heterocycles. The highest BCUT2D eigenvalue weighted by Crippen LogP contribution is 2.43. The first-order chi connectivity index (χ1) is 17.4. The van der Waals surface area contributed by atoms with Crippen molar-refractivity contribution < 1.29 is 29.2 Å². The summed E-state index contributed by atoms with van der Waals surface area (Å²) in [4.78, 5) is 10.8. The summed E-state index contributed by atoms with van der Waals surface area (Å²) in [6.45, 7) is 0. The monoisotopic (exact) mass is 483 g/mol. The van der Waals surface area contributed by atoms with Gasteiger partial charge in [-0.05, 0) is 54.1 Å². The van der Waals surface area contributed by atoms with Gasteiger partial charge >= 0.3 is 6.16 Å². The molecule has 0 saturated carbocycles. The number of aromatic nitrogens is 1. The van der Waals surface area contributed by atoms with E-state index in [1.165, 1.54) is 28.8 Å². The summed E-state index contributed by atoms with van der Waals surface area (Å²) in [7, 11) is 0. The standard InChI is InChI=1S/C27H18FN3O5/c28-17-11-13-18(14-12-17)31-23-10-2-1-7-21(23)24(26(31)33)30-29-22-9-4-8-20(25(22)32)16-5-3-6-19(15-16)36-27(34)35/h1-15,32-33H,(H,34,35). The third-order valence-electron chi connectivity index (χ3n) is 5.53. The minimum atomic E-state index is -1.45. The molecule has 178 valence electrons. The minimum absolute atomic E-state index is 0.102. The Balaban J connectivity index is 1.56. The van der Waals surface area contributed by atoms with Crippen molar-refractivity contribution >= 4 is 28.4 Å². The van der Waals surface area contributed by atoms with Crippen LogP contribution in [0.25, 0.3) is 27.7 Å². The first kappa shape index (κ1) is 22.6. The fourth-order valence-corrected chi connectivity index (χ4v) is 3.94. The molecule has 9 heteroatoms. The Morgan fingerprint density at radius 1 is 0.861 bits per heavy atom. The lowest BCUT2D eigenvalue weighted by Crippen LogP contribution is -2.02. The summed E-state index contributed by atoms with van der Waals surface area (Å²) >= 11 is 0. The number of para-hydroxylation sites is 2. The third-order valence-corrected chi connectivity index (χ3v) is 5.53. The topological polar surface area (TPSA) is 117 Å². The van der Waals surface area contributed by atoms with Gasteiger partial charge in [0.1, 0.15) is 17.3 Å². The van der Waals surface area contributed by atoms with Crippen LogP contribution in [0.15, 0.2) is 101 Å². The van der Waals surface area contributed by atoms with E-state index >= 15 is 0 Å². The summed E-state index contributed by atoms with van der Waals surface area (Å²) in [5.74, 6) is -0.675. The van der Waals surface area contributed by atoms with E-state index in [4.69, 9.17) is 9.84 Å². The van der Waals surface area contributed by atoms with E-state index in [1.807, 2.05) is 0 Å². The molecule has 5 aromatic rings. The van der Waals surface area contributed by atoms with Crippen LogP contribution in [-0.4, -0.2) is 26.0 Å². The van der Waals surface area contributed by atoms with Crippen LogP contribution in [0.4, 0.5) is 20.6 Å². The summed E-state index contributed by atoms with van der Waals surface area (Å²) in [5, 5.41) is 39.8. The summed E-state index contributed by atoms with van der Waals surface area (Å²) in [5.41, 5.74) is 2.40. The molecule has 5 rings (SSSR count). The van der Waals surface area contributed by atoms with Crippen LogP contribution in [0.3, 0.4) is 0 Å². The second kappa shape index (κ2) is 9.22. The Morgan fingerprint density at radius 2 is 1.61 bits per heavy atom. The molecule has 0 atom stereocenters. The first-order valence-corrected chi connectivity index (χ1v) is 10.8. The van der Waals surface area contributed by atoms with Gasteiger partial charge in [-0.2, -0.15) is 0 Å². The van der Waals surface area contributed by atoms with Crippen LogP contribution in [0.2, 0.25) is 0 Å². The molecule has 1 heterocycles. The highest BCUT2D eigenvalue weighted by Gasteiger charge is 2.18. The molecule has 0 fully saturated rings. The number of nitrogens with zero attached hydrogens (tertiary/aromatic N) is 3. The second-order valence-electron chi connectivity index (χ2n) is 7.77. The van der Waals surface area contributed by atoms with E-state index in [9.17, 15) is 19.4 Å². The maximum atomic E-state index is 13.4. The molecule has 36 heavy (non-hydrogen) atoms. The lowest BCUT2D eigenvalue weighted by molar-refractivity contribution is 0.144. The molecule has 0 amide bonds. The van der Waals surface area contributed by atoms with Crippen molar-refractivity contribution in [2.75, 3.05) is 0 Å². The van der Waals surface area contributed by atoms with Gasteiger partial charge in [0, 0.05) is 16.6 Å². The maximum Gasteiger partial charge on any atom is 0.511 e. The quantitative estimate of drug-likeness (QED) is 0.138. The molecule has 0 radical (unpaired) electrons. The Hall–Kier alpha value is -5.18. The maximum absolute atomic E-state index is 13.4. The van der Waals surface area contributed by atoms with E-state index < -0.39 is 12.0 Å². The van der Waals surface area contributed by atoms with Gasteiger partial charge in [0.05, 0.1) is 5.52 Å². The van der Waals surface area contributed by atoms with Crippen LogP contribution in [0.1, 0.15) is 0 Å². The van der Waals surface area contributed by atoms with Gasteiger partial charge in [0.25, 0.3) is 0 Å². The number of azo groups is 1. The average Bonchev–Trinajstić information content (AvgIpc) is 3.15. The zero-order chi connectivity index (χ0) is 25.2. The molecule has 4 aromatic carbocycles. The fraction of sp³-hybridized carbons (Fsp3) is 0. The number of fused-ring (bicyclic) bond motifs is 1. The number of carbonyl (C=O) groups is 1. The molecule has 0 aliphatic rings. The number of phenols is 1.